The minimum Gasteiger partial charge on any atom is -0.485 e. The third kappa shape index (κ3) is 6.45. The van der Waals surface area contributed by atoms with Crippen LogP contribution in [0, 0.1) is 0 Å². The number of anilines is 1. The minimum atomic E-state index is -0.583. The molecule has 4 nitrogen and oxygen atoms in total. The summed E-state index contributed by atoms with van der Waals surface area (Å²) >= 11 is 0. The molecule has 0 aliphatic carbocycles. The summed E-state index contributed by atoms with van der Waals surface area (Å²) in [6.07, 6.45) is 0.245. The van der Waals surface area contributed by atoms with Crippen molar-refractivity contribution in [2.45, 2.75) is 51.2 Å². The highest BCUT2D eigenvalue weighted by molar-refractivity contribution is 5.82. The maximum Gasteiger partial charge on any atom is 0.132 e. The van der Waals surface area contributed by atoms with E-state index in [0.717, 1.165) is 35.5 Å². The van der Waals surface area contributed by atoms with Gasteiger partial charge in [-0.1, -0.05) is 97.1 Å². The van der Waals surface area contributed by atoms with Gasteiger partial charge in [0, 0.05) is 17.8 Å². The largest absolute Gasteiger partial charge is 0.485 e. The number of benzene rings is 5. The van der Waals surface area contributed by atoms with Gasteiger partial charge < -0.3 is 19.5 Å². The molecule has 0 saturated carbocycles. The summed E-state index contributed by atoms with van der Waals surface area (Å²) in [5.74, 6) is 0.843. The summed E-state index contributed by atoms with van der Waals surface area (Å²) < 4.78 is 20.0. The van der Waals surface area contributed by atoms with E-state index in [0.29, 0.717) is 13.2 Å². The van der Waals surface area contributed by atoms with Crippen LogP contribution in [0.3, 0.4) is 0 Å². The van der Waals surface area contributed by atoms with Gasteiger partial charge in [0.25, 0.3) is 0 Å². The van der Waals surface area contributed by atoms with Crippen molar-refractivity contribution < 1.29 is 14.2 Å². The van der Waals surface area contributed by atoms with Crippen molar-refractivity contribution in [2.24, 2.45) is 0 Å². The van der Waals surface area contributed by atoms with Crippen LogP contribution in [0.25, 0.3) is 10.8 Å². The molecule has 6 rings (SSSR count). The first-order valence-corrected chi connectivity index (χ1v) is 14.4. The number of nitrogens with one attached hydrogen (secondary N) is 1. The Bertz CT molecular complexity index is 1580. The van der Waals surface area contributed by atoms with Crippen LogP contribution in [0.1, 0.15) is 42.2 Å². The Labute approximate surface area is 242 Å². The fraction of sp³-hybridized carbons (Fsp3) is 0.243. The van der Waals surface area contributed by atoms with Gasteiger partial charge in [-0.3, -0.25) is 0 Å². The van der Waals surface area contributed by atoms with Gasteiger partial charge >= 0.3 is 0 Å². The fourth-order valence-electron chi connectivity index (χ4n) is 5.57. The molecule has 1 aliphatic rings. The molecule has 0 aromatic heterocycles. The molecule has 5 aromatic rings. The Balaban J connectivity index is 1.26. The van der Waals surface area contributed by atoms with Crippen LogP contribution in [-0.4, -0.2) is 18.3 Å². The maximum atomic E-state index is 6.71. The van der Waals surface area contributed by atoms with E-state index in [9.17, 15) is 0 Å². The monoisotopic (exact) mass is 543 g/mol. The summed E-state index contributed by atoms with van der Waals surface area (Å²) in [4.78, 5) is 0. The van der Waals surface area contributed by atoms with E-state index >= 15 is 0 Å². The fourth-order valence-corrected chi connectivity index (χ4v) is 5.57. The maximum absolute atomic E-state index is 6.71. The topological polar surface area (TPSA) is 39.7 Å². The van der Waals surface area contributed by atoms with E-state index in [1.807, 2.05) is 12.1 Å². The molecule has 2 atom stereocenters. The van der Waals surface area contributed by atoms with Gasteiger partial charge in [-0.05, 0) is 72.0 Å². The van der Waals surface area contributed by atoms with E-state index in [1.165, 1.54) is 21.9 Å². The van der Waals surface area contributed by atoms with Crippen LogP contribution in [0.15, 0.2) is 121 Å². The van der Waals surface area contributed by atoms with Gasteiger partial charge in [0.15, 0.2) is 0 Å². The Hall–Kier alpha value is -4.12. The molecule has 0 saturated heterocycles. The predicted molar refractivity (Wildman–Crippen MR) is 166 cm³/mol. The zero-order chi connectivity index (χ0) is 28.1. The average Bonchev–Trinajstić information content (AvgIpc) is 3.00. The van der Waals surface area contributed by atoms with Crippen LogP contribution < -0.4 is 10.1 Å². The molecule has 0 amide bonds. The Morgan fingerprint density at radius 1 is 0.683 bits per heavy atom. The standard InChI is InChI=1S/C37H37NO3/c1-37(2)36(40-26-29-17-18-30-15-9-10-16-31(30)23-29)35(39-22-21-27-11-5-3-6-12-27)33-24-32(19-20-34(33)41-37)38-25-28-13-7-4-8-14-28/h3-20,23-24,35-36,38H,21-22,25-26H2,1-2H3. The first kappa shape index (κ1) is 27.1. The van der Waals surface area contributed by atoms with E-state index in [4.69, 9.17) is 14.2 Å². The zero-order valence-corrected chi connectivity index (χ0v) is 23.8. The number of hydrogen-bond donors (Lipinski definition) is 1. The third-order valence-corrected chi connectivity index (χ3v) is 7.76. The molecule has 4 heteroatoms. The average molecular weight is 544 g/mol. The van der Waals surface area contributed by atoms with Gasteiger partial charge in [0.1, 0.15) is 23.6 Å². The van der Waals surface area contributed by atoms with Crippen molar-refractivity contribution in [2.75, 3.05) is 11.9 Å². The normalized spacial score (nSPS) is 17.5. The number of hydrogen-bond acceptors (Lipinski definition) is 4. The van der Waals surface area contributed by atoms with Gasteiger partial charge in [0.2, 0.25) is 0 Å². The van der Waals surface area contributed by atoms with E-state index in [-0.39, 0.29) is 12.2 Å². The molecule has 2 unspecified atom stereocenters. The summed E-state index contributed by atoms with van der Waals surface area (Å²) in [5.41, 5.74) is 5.08. The van der Waals surface area contributed by atoms with Crippen LogP contribution in [0.4, 0.5) is 5.69 Å². The Morgan fingerprint density at radius 3 is 2.17 bits per heavy atom. The number of rotatable bonds is 10. The van der Waals surface area contributed by atoms with E-state index < -0.39 is 5.60 Å². The molecule has 41 heavy (non-hydrogen) atoms. The highest BCUT2D eigenvalue weighted by Crippen LogP contribution is 2.44. The lowest BCUT2D eigenvalue weighted by Gasteiger charge is -2.44. The predicted octanol–water partition coefficient (Wildman–Crippen LogP) is 8.51. The number of fused-ring (bicyclic) bond motifs is 2. The molecule has 1 N–H and O–H groups in total. The lowest BCUT2D eigenvalue weighted by molar-refractivity contribution is -0.167. The van der Waals surface area contributed by atoms with Gasteiger partial charge in [0.05, 0.1) is 13.2 Å². The summed E-state index contributed by atoms with van der Waals surface area (Å²) in [6, 6.07) is 42.1. The van der Waals surface area contributed by atoms with Crippen LogP contribution in [0.2, 0.25) is 0 Å². The van der Waals surface area contributed by atoms with Crippen LogP contribution in [-0.2, 0) is 29.0 Å². The van der Waals surface area contributed by atoms with Crippen molar-refractivity contribution in [1.29, 1.82) is 0 Å². The van der Waals surface area contributed by atoms with Crippen molar-refractivity contribution in [3.05, 3.63) is 144 Å². The van der Waals surface area contributed by atoms with E-state index in [2.05, 4.69) is 128 Å². The molecule has 208 valence electrons. The second-order valence-electron chi connectivity index (χ2n) is 11.2. The highest BCUT2D eigenvalue weighted by atomic mass is 16.6. The molecule has 0 spiro atoms. The lowest BCUT2D eigenvalue weighted by atomic mass is 9.87. The third-order valence-electron chi connectivity index (χ3n) is 7.76. The smallest absolute Gasteiger partial charge is 0.132 e. The molecular weight excluding hydrogens is 506 g/mol. The Morgan fingerprint density at radius 2 is 1.39 bits per heavy atom. The summed E-state index contributed by atoms with van der Waals surface area (Å²) in [5, 5.41) is 6.01. The van der Waals surface area contributed by atoms with Gasteiger partial charge in [-0.25, -0.2) is 0 Å². The zero-order valence-electron chi connectivity index (χ0n) is 23.8. The van der Waals surface area contributed by atoms with Gasteiger partial charge in [-0.2, -0.15) is 0 Å². The molecule has 0 fully saturated rings. The van der Waals surface area contributed by atoms with Crippen LogP contribution in [0.5, 0.6) is 5.75 Å². The SMILES string of the molecule is CC1(C)Oc2ccc(NCc3ccccc3)cc2C(OCCc2ccccc2)C1OCc1ccc2ccccc2c1. The molecule has 5 aromatic carbocycles. The van der Waals surface area contributed by atoms with Gasteiger partial charge in [-0.15, -0.1) is 0 Å². The quantitative estimate of drug-likeness (QED) is 0.192. The van der Waals surface area contributed by atoms with Crippen LogP contribution >= 0.6 is 0 Å². The second-order valence-corrected chi connectivity index (χ2v) is 11.2. The van der Waals surface area contributed by atoms with Crippen molar-refractivity contribution in [3.8, 4) is 5.75 Å². The highest BCUT2D eigenvalue weighted by Gasteiger charge is 2.45. The molecule has 1 heterocycles. The second kappa shape index (κ2) is 12.2. The van der Waals surface area contributed by atoms with Crippen molar-refractivity contribution in [1.82, 2.24) is 0 Å². The van der Waals surface area contributed by atoms with Crippen molar-refractivity contribution >= 4 is 16.5 Å². The Kier molecular flexibility index (Phi) is 8.04. The first-order valence-electron chi connectivity index (χ1n) is 14.4. The molecule has 0 radical (unpaired) electrons. The summed E-state index contributed by atoms with van der Waals surface area (Å²) in [6.45, 7) is 5.99. The lowest BCUT2D eigenvalue weighted by Crippen LogP contribution is -2.51. The summed E-state index contributed by atoms with van der Waals surface area (Å²) in [7, 11) is 0. The minimum absolute atomic E-state index is 0.281. The molecular formula is C37H37NO3. The van der Waals surface area contributed by atoms with Crippen molar-refractivity contribution in [3.63, 3.8) is 0 Å². The molecule has 1 aliphatic heterocycles. The number of ether oxygens (including phenoxy) is 3. The van der Waals surface area contributed by atoms with E-state index in [1.54, 1.807) is 0 Å². The molecule has 0 bridgehead atoms. The first-order chi connectivity index (χ1) is 20.0.